The Labute approximate surface area is 342 Å². The van der Waals surface area contributed by atoms with Crippen LogP contribution in [0.1, 0.15) is 144 Å². The summed E-state index contributed by atoms with van der Waals surface area (Å²) in [7, 11) is -2.26. The fourth-order valence-electron chi connectivity index (χ4n) is 10.00. The number of anilines is 1. The predicted molar refractivity (Wildman–Crippen MR) is 243 cm³/mol. The molecule has 1 atom stereocenters. The van der Waals surface area contributed by atoms with Gasteiger partial charge in [0.1, 0.15) is 0 Å². The van der Waals surface area contributed by atoms with Crippen LogP contribution in [-0.2, 0) is 0 Å². The van der Waals surface area contributed by atoms with Gasteiger partial charge >= 0.3 is 344 Å². The fourth-order valence-corrected chi connectivity index (χ4v) is 26.2. The first kappa shape index (κ1) is 41.0. The molecule has 1 unspecified atom stereocenters. The molecule has 0 heterocycles. The van der Waals surface area contributed by atoms with Crippen molar-refractivity contribution < 1.29 is 0 Å². The molecule has 1 nitrogen and oxygen atoms in total. The number of allylic oxidation sites excluding steroid dienone is 2. The van der Waals surface area contributed by atoms with E-state index in [2.05, 4.69) is 205 Å². The molecule has 6 rings (SSSR count). The van der Waals surface area contributed by atoms with Crippen molar-refractivity contribution in [3.05, 3.63) is 185 Å². The molecule has 0 fully saturated rings. The van der Waals surface area contributed by atoms with Crippen LogP contribution in [0.15, 0.2) is 146 Å². The third-order valence-electron chi connectivity index (χ3n) is 12.4. The van der Waals surface area contributed by atoms with Crippen molar-refractivity contribution in [1.82, 2.24) is 0 Å². The Morgan fingerprint density at radius 3 is 1.27 bits per heavy atom. The normalized spacial score (nSPS) is 15.9. The zero-order valence-electron chi connectivity index (χ0n) is 34.9. The molecule has 0 aliphatic heterocycles. The Morgan fingerprint density at radius 2 is 0.909 bits per heavy atom. The zero-order chi connectivity index (χ0) is 39.0. The summed E-state index contributed by atoms with van der Waals surface area (Å²) in [5.41, 5.74) is 13.2. The van der Waals surface area contributed by atoms with E-state index in [1.165, 1.54) is 71.0 Å². The SMILES string of the molecule is CC(C)c1cc(C(c2ccccc2)c2ccccc2)c([N]([Ge][CH]2/C=C\CCCCC2)[Si](C(C)C)(C(C)C)C(C)C)c(C(c2ccccc2)c2ccccc2)c1. The Bertz CT molecular complexity index is 1730. The Balaban J connectivity index is 1.83. The van der Waals surface area contributed by atoms with E-state index < -0.39 is 23.9 Å². The number of nitrogens with zero attached hydrogens (tertiary/aromatic N) is 1. The van der Waals surface area contributed by atoms with Crippen LogP contribution in [0.2, 0.25) is 21.4 Å². The van der Waals surface area contributed by atoms with Gasteiger partial charge in [0.15, 0.2) is 0 Å². The van der Waals surface area contributed by atoms with Crippen LogP contribution in [-0.4, -0.2) is 23.9 Å². The molecule has 2 radical (unpaired) electrons. The van der Waals surface area contributed by atoms with Gasteiger partial charge in [0.05, 0.1) is 0 Å². The molecule has 0 amide bonds. The topological polar surface area (TPSA) is 3.24 Å². The van der Waals surface area contributed by atoms with Gasteiger partial charge < -0.3 is 0 Å². The maximum atomic E-state index is 3.29. The van der Waals surface area contributed by atoms with Crippen LogP contribution < -0.4 is 3.52 Å². The van der Waals surface area contributed by atoms with Crippen LogP contribution in [0, 0.1) is 0 Å². The first-order valence-corrected chi connectivity index (χ1v) is 25.6. The average Bonchev–Trinajstić information content (AvgIpc) is 3.17. The van der Waals surface area contributed by atoms with E-state index in [1.54, 1.807) is 5.69 Å². The van der Waals surface area contributed by atoms with E-state index in [1.807, 2.05) is 0 Å². The van der Waals surface area contributed by atoms with Gasteiger partial charge in [0, 0.05) is 0 Å². The minimum absolute atomic E-state index is 0.0993. The van der Waals surface area contributed by atoms with Gasteiger partial charge in [0.2, 0.25) is 0 Å². The molecule has 5 aromatic carbocycles. The molecule has 0 saturated heterocycles. The van der Waals surface area contributed by atoms with Crippen molar-refractivity contribution >= 4 is 29.6 Å². The molecule has 0 N–H and O–H groups in total. The summed E-state index contributed by atoms with van der Waals surface area (Å²) in [5, 5.41) is 0. The predicted octanol–water partition coefficient (Wildman–Crippen LogP) is 15.1. The van der Waals surface area contributed by atoms with E-state index in [0.29, 0.717) is 27.3 Å². The standard InChI is InChI=1S/C52H65GeNSi/c1-38(2)46-36-48(50(42-26-16-12-17-27-42)43-28-18-13-19-29-43)52(49(37-46)51(44-30-20-14-21-31-44)45-32-22-15-23-33-45)54(53-47-34-24-10-9-11-25-35-47)55(39(3)4,40(5)6)41(7)8/h12-24,26-34,36-41,47,50-51H,9-11,25,35H2,1-8H3/b34-24-. The summed E-state index contributed by atoms with van der Waals surface area (Å²) < 4.78 is 3.92. The number of hydrogen-bond donors (Lipinski definition) is 0. The van der Waals surface area contributed by atoms with Gasteiger partial charge in [-0.25, -0.2) is 0 Å². The molecule has 55 heavy (non-hydrogen) atoms. The van der Waals surface area contributed by atoms with Gasteiger partial charge in [0.25, 0.3) is 0 Å². The van der Waals surface area contributed by atoms with Crippen LogP contribution in [0.3, 0.4) is 0 Å². The number of hydrogen-bond acceptors (Lipinski definition) is 1. The Kier molecular flexibility index (Phi) is 14.2. The zero-order valence-corrected chi connectivity index (χ0v) is 38.0. The van der Waals surface area contributed by atoms with Gasteiger partial charge in [-0.05, 0) is 0 Å². The summed E-state index contributed by atoms with van der Waals surface area (Å²) in [4.78, 5) is 0. The Morgan fingerprint density at radius 1 is 0.509 bits per heavy atom. The summed E-state index contributed by atoms with van der Waals surface area (Å²) in [5.74, 6) is 0.579. The van der Waals surface area contributed by atoms with Crippen molar-refractivity contribution in [3.63, 3.8) is 0 Å². The molecule has 0 bridgehead atoms. The quantitative estimate of drug-likeness (QED) is 0.0614. The summed E-state index contributed by atoms with van der Waals surface area (Å²) in [6.45, 7) is 20.3. The van der Waals surface area contributed by atoms with Crippen LogP contribution in [0.5, 0.6) is 0 Å². The second-order valence-electron chi connectivity index (χ2n) is 17.2. The molecular formula is C52H65GeNSi. The van der Waals surface area contributed by atoms with Crippen molar-refractivity contribution in [3.8, 4) is 0 Å². The summed E-state index contributed by atoms with van der Waals surface area (Å²) >= 11 is -0.649. The van der Waals surface area contributed by atoms with E-state index >= 15 is 0 Å². The van der Waals surface area contributed by atoms with Crippen LogP contribution >= 0.6 is 0 Å². The summed E-state index contributed by atoms with van der Waals surface area (Å²) in [6, 6.07) is 51.0. The van der Waals surface area contributed by atoms with E-state index in [-0.39, 0.29) is 11.8 Å². The maximum absolute atomic E-state index is 3.29. The van der Waals surface area contributed by atoms with Crippen LogP contribution in [0.4, 0.5) is 5.69 Å². The van der Waals surface area contributed by atoms with Crippen molar-refractivity contribution in [1.29, 1.82) is 0 Å². The van der Waals surface area contributed by atoms with Crippen molar-refractivity contribution in [2.45, 2.75) is 127 Å². The van der Waals surface area contributed by atoms with Crippen LogP contribution in [0.25, 0.3) is 0 Å². The molecule has 1 aliphatic carbocycles. The molecule has 1 aliphatic rings. The van der Waals surface area contributed by atoms with Crippen molar-refractivity contribution in [2.24, 2.45) is 0 Å². The van der Waals surface area contributed by atoms with E-state index in [0.717, 1.165) is 0 Å². The monoisotopic (exact) mass is 805 g/mol. The molecule has 286 valence electrons. The number of rotatable bonds is 14. The minimum atomic E-state index is -2.26. The van der Waals surface area contributed by atoms with E-state index in [4.69, 9.17) is 0 Å². The molecule has 3 heteroatoms. The van der Waals surface area contributed by atoms with Gasteiger partial charge in [-0.1, -0.05) is 0 Å². The molecular weight excluding hydrogens is 739 g/mol. The third-order valence-corrected chi connectivity index (χ3v) is 24.8. The molecule has 0 spiro atoms. The third kappa shape index (κ3) is 9.02. The van der Waals surface area contributed by atoms with Gasteiger partial charge in [-0.3, -0.25) is 0 Å². The molecule has 0 saturated carbocycles. The Hall–Kier alpha value is -3.60. The van der Waals surface area contributed by atoms with E-state index in [9.17, 15) is 0 Å². The molecule has 0 aromatic heterocycles. The first-order chi connectivity index (χ1) is 26.6. The first-order valence-electron chi connectivity index (χ1n) is 21.2. The average molecular weight is 805 g/mol. The molecule has 5 aromatic rings. The van der Waals surface area contributed by atoms with Crippen molar-refractivity contribution in [2.75, 3.05) is 3.52 Å². The second-order valence-corrected chi connectivity index (χ2v) is 26.9. The second kappa shape index (κ2) is 19.0. The van der Waals surface area contributed by atoms with Gasteiger partial charge in [-0.2, -0.15) is 0 Å². The fraction of sp³-hybridized carbons (Fsp3) is 0.385. The number of benzene rings is 5. The van der Waals surface area contributed by atoms with Gasteiger partial charge in [-0.15, -0.1) is 0 Å². The summed E-state index contributed by atoms with van der Waals surface area (Å²) in [6.07, 6.45) is 11.8.